The molecule has 1 rings (SSSR count). The maximum Gasteiger partial charge on any atom is 0.0751 e. The Hall–Kier alpha value is -1.42. The zero-order chi connectivity index (χ0) is 8.81. The monoisotopic (exact) mass is 173 g/mol. The average molecular weight is 173 g/mol. The fourth-order valence-electron chi connectivity index (χ4n) is 0.850. The van der Waals surface area contributed by atoms with E-state index >= 15 is 0 Å². The summed E-state index contributed by atoms with van der Waals surface area (Å²) in [5.41, 5.74) is 1.74. The van der Waals surface area contributed by atoms with Crippen molar-refractivity contribution >= 4 is 23.1 Å². The molecular weight excluding hydrogens is 166 g/mol. The van der Waals surface area contributed by atoms with Gasteiger partial charge in [0.15, 0.2) is 0 Å². The predicted molar refractivity (Wildman–Crippen MR) is 53.7 cm³/mol. The van der Waals surface area contributed by atoms with Crippen LogP contribution in [0.4, 0.5) is 5.69 Å². The molecular formula is C10H7NS. The summed E-state index contributed by atoms with van der Waals surface area (Å²) in [5.74, 6) is 5.75. The van der Waals surface area contributed by atoms with Gasteiger partial charge in [0.05, 0.1) is 10.8 Å². The maximum atomic E-state index is 4.49. The summed E-state index contributed by atoms with van der Waals surface area (Å²) in [7, 11) is 0. The van der Waals surface area contributed by atoms with E-state index in [-0.39, 0.29) is 0 Å². The zero-order valence-electron chi connectivity index (χ0n) is 6.66. The molecule has 0 atom stereocenters. The third-order valence-electron chi connectivity index (χ3n) is 1.29. The molecule has 2 heteroatoms. The van der Waals surface area contributed by atoms with E-state index in [2.05, 4.69) is 34.2 Å². The Labute approximate surface area is 77.1 Å². The first-order valence-corrected chi connectivity index (χ1v) is 3.88. The van der Waals surface area contributed by atoms with Gasteiger partial charge in [-0.1, -0.05) is 12.0 Å². The van der Waals surface area contributed by atoms with E-state index in [9.17, 15) is 0 Å². The van der Waals surface area contributed by atoms with Crippen LogP contribution in [0, 0.1) is 11.8 Å². The van der Waals surface area contributed by atoms with E-state index in [4.69, 9.17) is 0 Å². The SMILES string of the molecule is CC#Cc1cccc(N=C=S)c1. The lowest BCUT2D eigenvalue weighted by atomic mass is 10.2. The van der Waals surface area contributed by atoms with Crippen molar-refractivity contribution in [3.8, 4) is 11.8 Å². The number of thiocarbonyl (C=S) groups is 1. The number of aliphatic imine (C=N–C) groups is 1. The molecule has 0 saturated carbocycles. The van der Waals surface area contributed by atoms with Crippen LogP contribution < -0.4 is 0 Å². The molecule has 12 heavy (non-hydrogen) atoms. The summed E-state index contributed by atoms with van der Waals surface area (Å²) in [5, 5.41) is 2.31. The van der Waals surface area contributed by atoms with Crippen LogP contribution in [0.2, 0.25) is 0 Å². The Bertz CT molecular complexity index is 378. The Morgan fingerprint density at radius 1 is 1.42 bits per heavy atom. The molecule has 0 unspecified atom stereocenters. The van der Waals surface area contributed by atoms with Gasteiger partial charge in [-0.2, -0.15) is 4.99 Å². The molecule has 0 radical (unpaired) electrons. The van der Waals surface area contributed by atoms with Gasteiger partial charge >= 0.3 is 0 Å². The van der Waals surface area contributed by atoms with Gasteiger partial charge in [-0.15, -0.1) is 5.92 Å². The van der Waals surface area contributed by atoms with E-state index in [1.165, 1.54) is 0 Å². The molecule has 0 aliphatic carbocycles. The summed E-state index contributed by atoms with van der Waals surface area (Å²) < 4.78 is 0. The van der Waals surface area contributed by atoms with Crippen molar-refractivity contribution in [2.24, 2.45) is 4.99 Å². The molecule has 58 valence electrons. The maximum absolute atomic E-state index is 4.49. The van der Waals surface area contributed by atoms with Crippen molar-refractivity contribution in [3.05, 3.63) is 29.8 Å². The standard InChI is InChI=1S/C10H7NS/c1-2-4-9-5-3-6-10(7-9)11-8-12/h3,5-7H,1H3. The highest BCUT2D eigenvalue weighted by molar-refractivity contribution is 7.78. The number of benzene rings is 1. The van der Waals surface area contributed by atoms with Crippen LogP contribution in [0.25, 0.3) is 0 Å². The van der Waals surface area contributed by atoms with E-state index in [1.807, 2.05) is 24.3 Å². The predicted octanol–water partition coefficient (Wildman–Crippen LogP) is 2.79. The molecule has 0 saturated heterocycles. The van der Waals surface area contributed by atoms with Gasteiger partial charge in [-0.25, -0.2) is 0 Å². The van der Waals surface area contributed by atoms with Gasteiger partial charge in [0.1, 0.15) is 0 Å². The van der Waals surface area contributed by atoms with Crippen molar-refractivity contribution in [3.63, 3.8) is 0 Å². The van der Waals surface area contributed by atoms with Gasteiger partial charge in [0, 0.05) is 5.56 Å². The van der Waals surface area contributed by atoms with E-state index in [1.54, 1.807) is 6.92 Å². The van der Waals surface area contributed by atoms with Crippen LogP contribution >= 0.6 is 12.2 Å². The van der Waals surface area contributed by atoms with Crippen LogP contribution in [-0.2, 0) is 0 Å². The van der Waals surface area contributed by atoms with Gasteiger partial charge in [-0.05, 0) is 37.3 Å². The summed E-state index contributed by atoms with van der Waals surface area (Å²) in [6.07, 6.45) is 0. The molecule has 0 fully saturated rings. The quantitative estimate of drug-likeness (QED) is 0.361. The van der Waals surface area contributed by atoms with Crippen molar-refractivity contribution < 1.29 is 0 Å². The first-order valence-electron chi connectivity index (χ1n) is 3.47. The minimum atomic E-state index is 0.797. The van der Waals surface area contributed by atoms with E-state index in [0.717, 1.165) is 11.3 Å². The molecule has 0 amide bonds. The highest BCUT2D eigenvalue weighted by atomic mass is 32.1. The molecule has 1 aromatic rings. The first-order chi connectivity index (χ1) is 5.86. The highest BCUT2D eigenvalue weighted by Gasteiger charge is 1.88. The number of hydrogen-bond donors (Lipinski definition) is 0. The molecule has 0 aromatic heterocycles. The second-order valence-corrected chi connectivity index (χ2v) is 2.31. The Balaban J connectivity index is 3.08. The minimum Gasteiger partial charge on any atom is -0.195 e. The van der Waals surface area contributed by atoms with Gasteiger partial charge in [-0.3, -0.25) is 0 Å². The number of isothiocyanates is 1. The Kier molecular flexibility index (Phi) is 3.22. The lowest BCUT2D eigenvalue weighted by Gasteiger charge is -1.91. The first kappa shape index (κ1) is 8.67. The largest absolute Gasteiger partial charge is 0.195 e. The smallest absolute Gasteiger partial charge is 0.0751 e. The molecule has 0 heterocycles. The summed E-state index contributed by atoms with van der Waals surface area (Å²) in [6.45, 7) is 1.80. The fourth-order valence-corrected chi connectivity index (χ4v) is 0.956. The second kappa shape index (κ2) is 4.46. The van der Waals surface area contributed by atoms with Crippen LogP contribution in [0.1, 0.15) is 12.5 Å². The number of hydrogen-bond acceptors (Lipinski definition) is 2. The second-order valence-electron chi connectivity index (χ2n) is 2.13. The molecule has 0 aliphatic rings. The fraction of sp³-hybridized carbons (Fsp3) is 0.100. The third-order valence-corrected chi connectivity index (χ3v) is 1.38. The molecule has 1 aromatic carbocycles. The zero-order valence-corrected chi connectivity index (χ0v) is 7.48. The molecule has 1 nitrogen and oxygen atoms in total. The third kappa shape index (κ3) is 2.32. The molecule has 0 spiro atoms. The molecule has 0 bridgehead atoms. The summed E-state index contributed by atoms with van der Waals surface area (Å²) >= 11 is 4.49. The van der Waals surface area contributed by atoms with Crippen molar-refractivity contribution in [2.75, 3.05) is 0 Å². The van der Waals surface area contributed by atoms with Gasteiger partial charge < -0.3 is 0 Å². The van der Waals surface area contributed by atoms with Crippen LogP contribution in [0.5, 0.6) is 0 Å². The topological polar surface area (TPSA) is 12.4 Å². The van der Waals surface area contributed by atoms with E-state index < -0.39 is 0 Å². The van der Waals surface area contributed by atoms with E-state index in [0.29, 0.717) is 0 Å². The summed E-state index contributed by atoms with van der Waals surface area (Å²) in [6, 6.07) is 7.56. The van der Waals surface area contributed by atoms with Crippen LogP contribution in [-0.4, -0.2) is 5.16 Å². The number of nitrogens with zero attached hydrogens (tertiary/aromatic N) is 1. The van der Waals surface area contributed by atoms with Gasteiger partial charge in [0.25, 0.3) is 0 Å². The van der Waals surface area contributed by atoms with Crippen molar-refractivity contribution in [1.29, 1.82) is 0 Å². The number of rotatable bonds is 1. The molecule has 0 N–H and O–H groups in total. The van der Waals surface area contributed by atoms with Crippen LogP contribution in [0.3, 0.4) is 0 Å². The normalized spacial score (nSPS) is 7.75. The average Bonchev–Trinajstić information content (AvgIpc) is 2.06. The highest BCUT2D eigenvalue weighted by Crippen LogP contribution is 2.12. The van der Waals surface area contributed by atoms with Crippen molar-refractivity contribution in [1.82, 2.24) is 0 Å². The minimum absolute atomic E-state index is 0.797. The van der Waals surface area contributed by atoms with Gasteiger partial charge in [0.2, 0.25) is 0 Å². The lowest BCUT2D eigenvalue weighted by Crippen LogP contribution is -1.71. The Morgan fingerprint density at radius 2 is 2.25 bits per heavy atom. The Morgan fingerprint density at radius 3 is 2.92 bits per heavy atom. The summed E-state index contributed by atoms with van der Waals surface area (Å²) in [4.78, 5) is 3.85. The lowest BCUT2D eigenvalue weighted by molar-refractivity contribution is 1.53. The van der Waals surface area contributed by atoms with Crippen LogP contribution in [0.15, 0.2) is 29.3 Å². The van der Waals surface area contributed by atoms with Crippen molar-refractivity contribution in [2.45, 2.75) is 6.92 Å². The molecule has 0 aliphatic heterocycles.